The van der Waals surface area contributed by atoms with Gasteiger partial charge in [0.25, 0.3) is 5.91 Å². The molecule has 9 heteroatoms. The lowest BCUT2D eigenvalue weighted by Crippen LogP contribution is -2.16. The molecular weight excluding hydrogens is 344 g/mol. The minimum Gasteiger partial charge on any atom is -0.487 e. The summed E-state index contributed by atoms with van der Waals surface area (Å²) in [7, 11) is 0. The van der Waals surface area contributed by atoms with E-state index in [4.69, 9.17) is 4.74 Å². The second kappa shape index (κ2) is 7.82. The van der Waals surface area contributed by atoms with Crippen molar-refractivity contribution < 1.29 is 31.8 Å². The molecule has 5 nitrogen and oxygen atoms in total. The first kappa shape index (κ1) is 18.5. The maximum absolute atomic E-state index is 13.5. The molecule has 1 aromatic heterocycles. The number of benzene rings is 1. The highest BCUT2D eigenvalue weighted by Gasteiger charge is 2.18. The second-order valence-corrected chi connectivity index (χ2v) is 5.14. The zero-order chi connectivity index (χ0) is 18.6. The number of ether oxygens (including phenoxy) is 2. The summed E-state index contributed by atoms with van der Waals surface area (Å²) >= 11 is 0. The lowest BCUT2D eigenvalue weighted by Gasteiger charge is -2.16. The molecular formula is C16H14F4N2O3. The van der Waals surface area contributed by atoms with E-state index >= 15 is 0 Å². The van der Waals surface area contributed by atoms with Gasteiger partial charge in [-0.3, -0.25) is 9.78 Å². The van der Waals surface area contributed by atoms with Crippen molar-refractivity contribution in [3.8, 4) is 11.5 Å². The van der Waals surface area contributed by atoms with Crippen molar-refractivity contribution in [1.29, 1.82) is 0 Å². The predicted octanol–water partition coefficient (Wildman–Crippen LogP) is 4.00. The van der Waals surface area contributed by atoms with E-state index in [9.17, 15) is 22.4 Å². The Kier molecular flexibility index (Phi) is 5.79. The van der Waals surface area contributed by atoms with Crippen molar-refractivity contribution in [3.63, 3.8) is 0 Å². The number of carbonyl (C=O) groups is 1. The van der Waals surface area contributed by atoms with E-state index < -0.39 is 29.8 Å². The zero-order valence-electron chi connectivity index (χ0n) is 13.2. The van der Waals surface area contributed by atoms with Crippen LogP contribution in [0, 0.1) is 11.6 Å². The summed E-state index contributed by atoms with van der Waals surface area (Å²) in [5.74, 6) is -3.32. The van der Waals surface area contributed by atoms with Crippen LogP contribution < -0.4 is 14.8 Å². The highest BCUT2D eigenvalue weighted by atomic mass is 19.3. The molecule has 1 aromatic carbocycles. The third-order valence-corrected chi connectivity index (χ3v) is 2.88. The molecule has 1 heterocycles. The lowest BCUT2D eigenvalue weighted by molar-refractivity contribution is -0.0518. The molecule has 0 atom stereocenters. The van der Waals surface area contributed by atoms with Crippen LogP contribution in [-0.2, 0) is 0 Å². The molecule has 0 fully saturated rings. The molecule has 0 unspecified atom stereocenters. The van der Waals surface area contributed by atoms with Gasteiger partial charge in [0, 0.05) is 5.56 Å². The first-order chi connectivity index (χ1) is 11.8. The molecule has 0 aliphatic rings. The molecule has 0 aliphatic carbocycles. The Bertz CT molecular complexity index is 749. The van der Waals surface area contributed by atoms with Crippen LogP contribution in [0.25, 0.3) is 0 Å². The zero-order valence-corrected chi connectivity index (χ0v) is 13.2. The number of anilines is 1. The fraction of sp³-hybridized carbons (Fsp3) is 0.250. The number of rotatable bonds is 6. The number of nitrogens with one attached hydrogen (secondary N) is 1. The monoisotopic (exact) mass is 358 g/mol. The van der Waals surface area contributed by atoms with E-state index in [1.54, 1.807) is 13.8 Å². The normalized spacial score (nSPS) is 10.9. The number of pyridine rings is 1. The molecule has 2 rings (SSSR count). The minimum atomic E-state index is -3.07. The number of hydrogen-bond donors (Lipinski definition) is 1. The molecule has 0 aliphatic heterocycles. The molecule has 2 aromatic rings. The third kappa shape index (κ3) is 4.82. The van der Waals surface area contributed by atoms with Crippen LogP contribution in [0.3, 0.4) is 0 Å². The first-order valence-corrected chi connectivity index (χ1v) is 7.13. The summed E-state index contributed by atoms with van der Waals surface area (Å²) in [6.07, 6.45) is 1.10. The summed E-state index contributed by atoms with van der Waals surface area (Å²) in [5.41, 5.74) is -0.730. The molecule has 0 radical (unpaired) electrons. The average molecular weight is 358 g/mol. The molecule has 0 bridgehead atoms. The molecule has 1 amide bonds. The summed E-state index contributed by atoms with van der Waals surface area (Å²) in [5, 5.41) is 2.06. The van der Waals surface area contributed by atoms with E-state index in [1.807, 2.05) is 0 Å². The Morgan fingerprint density at radius 3 is 2.28 bits per heavy atom. The van der Waals surface area contributed by atoms with E-state index in [0.717, 1.165) is 30.6 Å². The van der Waals surface area contributed by atoms with Gasteiger partial charge in [-0.25, -0.2) is 8.78 Å². The summed E-state index contributed by atoms with van der Waals surface area (Å²) < 4.78 is 61.6. The number of hydrogen-bond acceptors (Lipinski definition) is 4. The molecule has 0 saturated carbocycles. The molecule has 1 N–H and O–H groups in total. The van der Waals surface area contributed by atoms with Crippen LogP contribution in [0.1, 0.15) is 24.2 Å². The standard InChI is InChI=1S/C16H14F4N2O3/c1-8(2)24-13-5-9(3-4-12(13)25-16(19)20)15(23)22-14-10(17)6-21-7-11(14)18/h3-8,16H,1-2H3,(H,21,22,23). The smallest absolute Gasteiger partial charge is 0.387 e. The number of halogens is 4. The topological polar surface area (TPSA) is 60.5 Å². The van der Waals surface area contributed by atoms with Gasteiger partial charge in [-0.05, 0) is 32.0 Å². The van der Waals surface area contributed by atoms with E-state index in [-0.39, 0.29) is 23.2 Å². The number of alkyl halides is 2. The number of amides is 1. The van der Waals surface area contributed by atoms with Crippen molar-refractivity contribution in [3.05, 3.63) is 47.8 Å². The van der Waals surface area contributed by atoms with Crippen LogP contribution in [-0.4, -0.2) is 23.6 Å². The third-order valence-electron chi connectivity index (χ3n) is 2.88. The lowest BCUT2D eigenvalue weighted by atomic mass is 10.1. The average Bonchev–Trinajstić information content (AvgIpc) is 2.51. The van der Waals surface area contributed by atoms with Gasteiger partial charge < -0.3 is 14.8 Å². The van der Waals surface area contributed by atoms with Gasteiger partial charge in [0.1, 0.15) is 5.69 Å². The summed E-state index contributed by atoms with van der Waals surface area (Å²) in [6, 6.07) is 3.42. The van der Waals surface area contributed by atoms with E-state index in [0.29, 0.717) is 0 Å². The molecule has 0 spiro atoms. The Hall–Kier alpha value is -2.84. The second-order valence-electron chi connectivity index (χ2n) is 5.14. The first-order valence-electron chi connectivity index (χ1n) is 7.13. The van der Waals surface area contributed by atoms with Gasteiger partial charge in [0.05, 0.1) is 18.5 Å². The van der Waals surface area contributed by atoms with Gasteiger partial charge in [-0.15, -0.1) is 0 Å². The Balaban J connectivity index is 2.30. The van der Waals surface area contributed by atoms with E-state index in [1.165, 1.54) is 0 Å². The molecule has 134 valence electrons. The summed E-state index contributed by atoms with van der Waals surface area (Å²) in [4.78, 5) is 15.5. The van der Waals surface area contributed by atoms with Crippen LogP contribution >= 0.6 is 0 Å². The Morgan fingerprint density at radius 1 is 1.08 bits per heavy atom. The van der Waals surface area contributed by atoms with Gasteiger partial charge in [0.15, 0.2) is 23.1 Å². The maximum Gasteiger partial charge on any atom is 0.387 e. The minimum absolute atomic E-state index is 0.0621. The van der Waals surface area contributed by atoms with Crippen molar-refractivity contribution in [2.75, 3.05) is 5.32 Å². The van der Waals surface area contributed by atoms with Crippen molar-refractivity contribution in [2.45, 2.75) is 26.6 Å². The van der Waals surface area contributed by atoms with Crippen LogP contribution in [0.4, 0.5) is 23.2 Å². The van der Waals surface area contributed by atoms with Gasteiger partial charge >= 0.3 is 6.61 Å². The number of aromatic nitrogens is 1. The number of nitrogens with zero attached hydrogens (tertiary/aromatic N) is 1. The molecule has 0 saturated heterocycles. The van der Waals surface area contributed by atoms with Gasteiger partial charge in [0.2, 0.25) is 0 Å². The molecule has 25 heavy (non-hydrogen) atoms. The fourth-order valence-corrected chi connectivity index (χ4v) is 1.91. The SMILES string of the molecule is CC(C)Oc1cc(C(=O)Nc2c(F)cncc2F)ccc1OC(F)F. The Morgan fingerprint density at radius 2 is 1.72 bits per heavy atom. The number of carbonyl (C=O) groups excluding carboxylic acids is 1. The largest absolute Gasteiger partial charge is 0.487 e. The highest BCUT2D eigenvalue weighted by Crippen LogP contribution is 2.31. The quantitative estimate of drug-likeness (QED) is 0.793. The maximum atomic E-state index is 13.5. The Labute approximate surface area is 140 Å². The van der Waals surface area contributed by atoms with Crippen LogP contribution in [0.5, 0.6) is 11.5 Å². The van der Waals surface area contributed by atoms with Gasteiger partial charge in [-0.2, -0.15) is 8.78 Å². The summed E-state index contributed by atoms with van der Waals surface area (Å²) in [6.45, 7) is 0.232. The van der Waals surface area contributed by atoms with Crippen molar-refractivity contribution in [1.82, 2.24) is 4.98 Å². The van der Waals surface area contributed by atoms with Crippen LogP contribution in [0.2, 0.25) is 0 Å². The van der Waals surface area contributed by atoms with Crippen molar-refractivity contribution >= 4 is 11.6 Å². The highest BCUT2D eigenvalue weighted by molar-refractivity contribution is 6.04. The van der Waals surface area contributed by atoms with Crippen molar-refractivity contribution in [2.24, 2.45) is 0 Å². The predicted molar refractivity (Wildman–Crippen MR) is 80.9 cm³/mol. The van der Waals surface area contributed by atoms with Crippen LogP contribution in [0.15, 0.2) is 30.6 Å². The fourth-order valence-electron chi connectivity index (χ4n) is 1.91. The van der Waals surface area contributed by atoms with E-state index in [2.05, 4.69) is 15.0 Å². The van der Waals surface area contributed by atoms with Gasteiger partial charge in [-0.1, -0.05) is 0 Å².